The molecule has 5 N–H and O–H groups in total. The van der Waals surface area contributed by atoms with Gasteiger partial charge in [-0.1, -0.05) is 22.5 Å². The third-order valence-corrected chi connectivity index (χ3v) is 4.54. The van der Waals surface area contributed by atoms with Crippen LogP contribution >= 0.6 is 11.8 Å². The molecule has 1 aliphatic rings. The number of oxime groups is 1. The normalized spacial score (nSPS) is 31.8. The zero-order valence-electron chi connectivity index (χ0n) is 12.8. The molecule has 10 nitrogen and oxygen atoms in total. The third-order valence-electron chi connectivity index (χ3n) is 3.10. The molecule has 0 radical (unpaired) electrons. The lowest BCUT2D eigenvalue weighted by molar-refractivity contribution is -0.205. The molecule has 0 saturated carbocycles. The molecule has 1 saturated heterocycles. The molecule has 1 rings (SSSR count). The Morgan fingerprint density at radius 2 is 1.88 bits per heavy atom. The van der Waals surface area contributed by atoms with Crippen LogP contribution in [0.15, 0.2) is 17.3 Å². The van der Waals surface area contributed by atoms with Crippen molar-refractivity contribution in [2.24, 2.45) is 5.16 Å². The second kappa shape index (κ2) is 9.10. The van der Waals surface area contributed by atoms with Crippen LogP contribution in [0, 0.1) is 0 Å². The van der Waals surface area contributed by atoms with Crippen LogP contribution in [0.4, 0.5) is 0 Å². The summed E-state index contributed by atoms with van der Waals surface area (Å²) in [5, 5.41) is 41.9. The summed E-state index contributed by atoms with van der Waals surface area (Å²) in [6.45, 7) is 4.83. The van der Waals surface area contributed by atoms with E-state index in [-0.39, 0.29) is 11.5 Å². The first-order valence-corrected chi connectivity index (χ1v) is 9.14. The minimum atomic E-state index is -4.80. The molecule has 5 atom stereocenters. The molecule has 0 spiro atoms. The largest absolute Gasteiger partial charge is 0.466 e. The molecule has 0 bridgehead atoms. The van der Waals surface area contributed by atoms with E-state index in [2.05, 4.69) is 16.0 Å². The Morgan fingerprint density at radius 1 is 1.25 bits per heavy atom. The van der Waals surface area contributed by atoms with Crippen molar-refractivity contribution in [1.82, 2.24) is 0 Å². The van der Waals surface area contributed by atoms with Gasteiger partial charge in [-0.3, -0.25) is 4.55 Å². The lowest BCUT2D eigenvalue weighted by Gasteiger charge is -2.39. The fourth-order valence-corrected chi connectivity index (χ4v) is 3.13. The SMILES string of the molecule is C=C(C)CC/C(=N/OS(=O)(=O)O)S[C@@H]1O[C@H](CO)[C@@H](O)[C@H](O)[C@H]1O. The molecule has 24 heavy (non-hydrogen) atoms. The Balaban J connectivity index is 2.88. The van der Waals surface area contributed by atoms with Crippen molar-refractivity contribution in [3.05, 3.63) is 12.2 Å². The van der Waals surface area contributed by atoms with Gasteiger partial charge in [0.15, 0.2) is 0 Å². The van der Waals surface area contributed by atoms with Crippen LogP contribution in [0.3, 0.4) is 0 Å². The lowest BCUT2D eigenvalue weighted by atomic mass is 10.0. The topological polar surface area (TPSA) is 166 Å². The Kier molecular flexibility index (Phi) is 8.08. The van der Waals surface area contributed by atoms with Crippen molar-refractivity contribution < 1.29 is 42.4 Å². The van der Waals surface area contributed by atoms with Crippen molar-refractivity contribution in [2.75, 3.05) is 6.61 Å². The Bertz CT molecular complexity index is 563. The molecular formula is C12H21NO9S2. The molecule has 12 heteroatoms. The van der Waals surface area contributed by atoms with Gasteiger partial charge in [0, 0.05) is 6.42 Å². The summed E-state index contributed by atoms with van der Waals surface area (Å²) in [6, 6.07) is 0. The van der Waals surface area contributed by atoms with Crippen molar-refractivity contribution in [3.8, 4) is 0 Å². The summed E-state index contributed by atoms with van der Waals surface area (Å²) in [5.41, 5.74) is -0.377. The Labute approximate surface area is 143 Å². The highest BCUT2D eigenvalue weighted by Gasteiger charge is 2.44. The van der Waals surface area contributed by atoms with Crippen LogP contribution in [0.25, 0.3) is 0 Å². The molecule has 1 heterocycles. The highest BCUT2D eigenvalue weighted by Crippen LogP contribution is 2.30. The third kappa shape index (κ3) is 6.64. The van der Waals surface area contributed by atoms with Gasteiger partial charge in [-0.25, -0.2) is 4.28 Å². The van der Waals surface area contributed by atoms with E-state index in [9.17, 15) is 23.7 Å². The first-order chi connectivity index (χ1) is 11.0. The summed E-state index contributed by atoms with van der Waals surface area (Å²) in [4.78, 5) is 0. The van der Waals surface area contributed by atoms with Crippen molar-refractivity contribution in [1.29, 1.82) is 0 Å². The number of hydrogen-bond acceptors (Lipinski definition) is 10. The van der Waals surface area contributed by atoms with E-state index in [4.69, 9.17) is 14.4 Å². The second-order valence-electron chi connectivity index (χ2n) is 5.26. The van der Waals surface area contributed by atoms with Crippen molar-refractivity contribution in [2.45, 2.75) is 49.6 Å². The second-order valence-corrected chi connectivity index (χ2v) is 7.44. The summed E-state index contributed by atoms with van der Waals surface area (Å²) in [7, 11) is -4.80. The molecule has 0 aromatic heterocycles. The molecule has 0 aromatic carbocycles. The first-order valence-electron chi connectivity index (χ1n) is 6.89. The molecular weight excluding hydrogens is 366 g/mol. The zero-order valence-corrected chi connectivity index (χ0v) is 14.5. The van der Waals surface area contributed by atoms with E-state index in [0.717, 1.165) is 17.3 Å². The minimum absolute atomic E-state index is 0.0416. The summed E-state index contributed by atoms with van der Waals surface area (Å²) in [6.07, 6.45) is -5.12. The molecule has 140 valence electrons. The average molecular weight is 387 g/mol. The van der Waals surface area contributed by atoms with Crippen LogP contribution in [0.2, 0.25) is 0 Å². The predicted molar refractivity (Wildman–Crippen MR) is 85.5 cm³/mol. The van der Waals surface area contributed by atoms with E-state index in [1.807, 2.05) is 0 Å². The van der Waals surface area contributed by atoms with Crippen LogP contribution in [-0.4, -0.2) is 74.9 Å². The standard InChI is InChI=1S/C12H21NO9S2/c1-6(2)3-4-8(13-22-24(18,19)20)23-12-11(17)10(16)9(15)7(5-14)21-12/h7,9-12,14-17H,1,3-5H2,2H3,(H,18,19,20)/b13-8-/t7-,9-,10+,11-,12+/m1/s1. The fraction of sp³-hybridized carbons (Fsp3) is 0.750. The van der Waals surface area contributed by atoms with Gasteiger partial charge in [0.05, 0.1) is 6.61 Å². The number of thioether (sulfide) groups is 1. The van der Waals surface area contributed by atoms with Crippen LogP contribution < -0.4 is 0 Å². The van der Waals surface area contributed by atoms with E-state index >= 15 is 0 Å². The van der Waals surface area contributed by atoms with Crippen molar-refractivity contribution >= 4 is 27.2 Å². The lowest BCUT2D eigenvalue weighted by Crippen LogP contribution is -2.57. The number of hydrogen-bond donors (Lipinski definition) is 5. The molecule has 1 fully saturated rings. The van der Waals surface area contributed by atoms with Gasteiger partial charge in [-0.2, -0.15) is 8.42 Å². The molecule has 0 aliphatic carbocycles. The van der Waals surface area contributed by atoms with E-state index in [0.29, 0.717) is 6.42 Å². The maximum absolute atomic E-state index is 10.6. The summed E-state index contributed by atoms with van der Waals surface area (Å²) >= 11 is 0.735. The monoisotopic (exact) mass is 387 g/mol. The Morgan fingerprint density at radius 3 is 2.38 bits per heavy atom. The fourth-order valence-electron chi connectivity index (χ4n) is 1.83. The average Bonchev–Trinajstić information content (AvgIpc) is 2.49. The summed E-state index contributed by atoms with van der Waals surface area (Å²) in [5.74, 6) is 0. The summed E-state index contributed by atoms with van der Waals surface area (Å²) < 4.78 is 39.1. The smallest absolute Gasteiger partial charge is 0.394 e. The van der Waals surface area contributed by atoms with Crippen molar-refractivity contribution in [3.63, 3.8) is 0 Å². The van der Waals surface area contributed by atoms with Gasteiger partial charge < -0.3 is 25.2 Å². The van der Waals surface area contributed by atoms with Crippen LogP contribution in [-0.2, 0) is 19.4 Å². The molecule has 0 aromatic rings. The quantitative estimate of drug-likeness (QED) is 0.120. The van der Waals surface area contributed by atoms with Gasteiger partial charge in [-0.15, -0.1) is 6.58 Å². The Hall–Kier alpha value is -0.730. The van der Waals surface area contributed by atoms with E-state index in [1.54, 1.807) is 6.92 Å². The highest BCUT2D eigenvalue weighted by atomic mass is 32.3. The zero-order chi connectivity index (χ0) is 18.5. The van der Waals surface area contributed by atoms with Gasteiger partial charge in [0.2, 0.25) is 0 Å². The number of rotatable bonds is 7. The van der Waals surface area contributed by atoms with Gasteiger partial charge in [-0.05, 0) is 13.3 Å². The van der Waals surface area contributed by atoms with Crippen LogP contribution in [0.1, 0.15) is 19.8 Å². The minimum Gasteiger partial charge on any atom is -0.394 e. The molecule has 1 aliphatic heterocycles. The number of allylic oxidation sites excluding steroid dienone is 1. The van der Waals surface area contributed by atoms with Gasteiger partial charge in [0.25, 0.3) is 0 Å². The molecule has 0 amide bonds. The predicted octanol–water partition coefficient (Wildman–Crippen LogP) is -0.991. The maximum Gasteiger partial charge on any atom is 0.466 e. The first kappa shape index (κ1) is 21.3. The van der Waals surface area contributed by atoms with E-state index < -0.39 is 46.9 Å². The van der Waals surface area contributed by atoms with E-state index in [1.165, 1.54) is 0 Å². The number of nitrogens with zero attached hydrogens (tertiary/aromatic N) is 1. The van der Waals surface area contributed by atoms with Crippen LogP contribution in [0.5, 0.6) is 0 Å². The van der Waals surface area contributed by atoms with Gasteiger partial charge >= 0.3 is 10.4 Å². The number of ether oxygens (including phenoxy) is 1. The van der Waals surface area contributed by atoms with Gasteiger partial charge in [0.1, 0.15) is 34.9 Å². The maximum atomic E-state index is 10.6. The number of aliphatic hydroxyl groups excluding tert-OH is 4. The number of aliphatic hydroxyl groups is 4. The molecule has 0 unspecified atom stereocenters. The highest BCUT2D eigenvalue weighted by molar-refractivity contribution is 8.14.